The number of likely N-dealkylation sites (tertiary alicyclic amines) is 1. The van der Waals surface area contributed by atoms with Crippen LogP contribution in [0.4, 0.5) is 8.78 Å². The van der Waals surface area contributed by atoms with Gasteiger partial charge in [-0.3, -0.25) is 4.90 Å². The zero-order valence-corrected chi connectivity index (χ0v) is 14.5. The first-order valence-electron chi connectivity index (χ1n) is 8.75. The fraction of sp³-hybridized carbons (Fsp3) is 0.250. The number of aromatic hydroxyl groups is 2. The van der Waals surface area contributed by atoms with Gasteiger partial charge in [0.15, 0.2) is 5.58 Å². The van der Waals surface area contributed by atoms with Gasteiger partial charge in [-0.05, 0) is 24.3 Å². The minimum atomic E-state index is -2.76. The minimum Gasteiger partial charge on any atom is -0.508 e. The maximum absolute atomic E-state index is 13.6. The number of rotatable bonds is 2. The summed E-state index contributed by atoms with van der Waals surface area (Å²) in [6, 6.07) is 7.27. The van der Waals surface area contributed by atoms with Gasteiger partial charge in [-0.25, -0.2) is 13.6 Å². The second-order valence-corrected chi connectivity index (χ2v) is 7.13. The van der Waals surface area contributed by atoms with Crippen LogP contribution in [0.2, 0.25) is 0 Å². The zero-order valence-electron chi connectivity index (χ0n) is 14.5. The number of benzene rings is 2. The molecule has 2 N–H and O–H groups in total. The predicted molar refractivity (Wildman–Crippen MR) is 97.9 cm³/mol. The summed E-state index contributed by atoms with van der Waals surface area (Å²) in [4.78, 5) is 14.2. The van der Waals surface area contributed by atoms with Crippen molar-refractivity contribution in [1.82, 2.24) is 4.90 Å². The first-order chi connectivity index (χ1) is 13.3. The van der Waals surface area contributed by atoms with Crippen molar-refractivity contribution in [2.45, 2.75) is 18.9 Å². The largest absolute Gasteiger partial charge is 0.508 e. The van der Waals surface area contributed by atoms with Crippen molar-refractivity contribution in [2.24, 2.45) is 0 Å². The van der Waals surface area contributed by atoms with Gasteiger partial charge in [0.1, 0.15) is 28.1 Å². The Balaban J connectivity index is 1.78. The highest BCUT2D eigenvalue weighted by molar-refractivity contribution is 6.14. The lowest BCUT2D eigenvalue weighted by Gasteiger charge is -2.17. The smallest absolute Gasteiger partial charge is 0.348 e. The Labute approximate surface area is 156 Å². The second kappa shape index (κ2) is 5.68. The number of hydrogen-bond acceptors (Lipinski definition) is 6. The summed E-state index contributed by atoms with van der Waals surface area (Å²) in [7, 11) is 0. The molecule has 0 saturated carbocycles. The maximum Gasteiger partial charge on any atom is 0.348 e. The van der Waals surface area contributed by atoms with E-state index in [2.05, 4.69) is 0 Å². The van der Waals surface area contributed by atoms with Gasteiger partial charge in [0.2, 0.25) is 0 Å². The van der Waals surface area contributed by atoms with Crippen LogP contribution < -0.4 is 5.63 Å². The molecule has 0 radical (unpaired) electrons. The van der Waals surface area contributed by atoms with Crippen molar-refractivity contribution >= 4 is 32.9 Å². The van der Waals surface area contributed by atoms with Gasteiger partial charge in [0.25, 0.3) is 5.92 Å². The van der Waals surface area contributed by atoms with Gasteiger partial charge in [-0.1, -0.05) is 0 Å². The molecule has 2 aromatic carbocycles. The lowest BCUT2D eigenvalue weighted by Crippen LogP contribution is -2.25. The van der Waals surface area contributed by atoms with Crippen molar-refractivity contribution in [3.05, 3.63) is 46.3 Å². The molecule has 0 atom stereocenters. The van der Waals surface area contributed by atoms with E-state index in [0.717, 1.165) is 0 Å². The lowest BCUT2D eigenvalue weighted by molar-refractivity contribution is 0.0115. The molecule has 8 heteroatoms. The lowest BCUT2D eigenvalue weighted by atomic mass is 10.0. The van der Waals surface area contributed by atoms with E-state index >= 15 is 0 Å². The van der Waals surface area contributed by atoms with Crippen LogP contribution in [0.5, 0.6) is 11.5 Å². The Hall–Kier alpha value is -3.13. The standard InChI is InChI=1S/C20H15F2NO5/c21-20(22)5-6-23(9-20)8-12-13(25)3-4-14-16(12)17-18(27-14)11-2-1-10(24)7-15(11)28-19(17)26/h1-4,7,24-25H,5-6,8-9H2. The van der Waals surface area contributed by atoms with E-state index in [1.165, 1.54) is 29.2 Å². The first kappa shape index (κ1) is 17.0. The maximum atomic E-state index is 13.6. The number of hydrogen-bond donors (Lipinski definition) is 2. The number of halogens is 2. The average Bonchev–Trinajstić information content (AvgIpc) is 3.17. The fourth-order valence-electron chi connectivity index (χ4n) is 3.89. The summed E-state index contributed by atoms with van der Waals surface area (Å²) in [5.41, 5.74) is 0.438. The van der Waals surface area contributed by atoms with Gasteiger partial charge in [0, 0.05) is 36.5 Å². The number of alkyl halides is 2. The van der Waals surface area contributed by atoms with Crippen LogP contribution in [-0.2, 0) is 6.54 Å². The highest BCUT2D eigenvalue weighted by Crippen LogP contribution is 2.39. The Morgan fingerprint density at radius 2 is 1.89 bits per heavy atom. The summed E-state index contributed by atoms with van der Waals surface area (Å²) in [5, 5.41) is 21.0. The predicted octanol–water partition coefficient (Wildman–Crippen LogP) is 3.94. The quantitative estimate of drug-likeness (QED) is 0.507. The highest BCUT2D eigenvalue weighted by Gasteiger charge is 2.38. The van der Waals surface area contributed by atoms with Crippen molar-refractivity contribution in [3.63, 3.8) is 0 Å². The zero-order chi connectivity index (χ0) is 19.6. The molecule has 0 spiro atoms. The summed E-state index contributed by atoms with van der Waals surface area (Å²) in [6.07, 6.45) is -0.244. The van der Waals surface area contributed by atoms with E-state index in [1.54, 1.807) is 6.07 Å². The Morgan fingerprint density at radius 3 is 2.64 bits per heavy atom. The minimum absolute atomic E-state index is 0.0560. The molecule has 1 aliphatic rings. The van der Waals surface area contributed by atoms with Gasteiger partial charge in [-0.15, -0.1) is 0 Å². The normalized spacial score (nSPS) is 17.2. The average molecular weight is 387 g/mol. The molecule has 0 aliphatic carbocycles. The van der Waals surface area contributed by atoms with E-state index in [1.807, 2.05) is 0 Å². The number of phenols is 2. The molecule has 5 rings (SSSR count). The highest BCUT2D eigenvalue weighted by atomic mass is 19.3. The fourth-order valence-corrected chi connectivity index (χ4v) is 3.89. The van der Waals surface area contributed by atoms with Crippen molar-refractivity contribution in [1.29, 1.82) is 0 Å². The van der Waals surface area contributed by atoms with Crippen LogP contribution in [0.25, 0.3) is 32.9 Å². The third-order valence-corrected chi connectivity index (χ3v) is 5.19. The number of nitrogens with zero attached hydrogens (tertiary/aromatic N) is 1. The molecule has 0 bridgehead atoms. The summed E-state index contributed by atoms with van der Waals surface area (Å²) < 4.78 is 38.3. The van der Waals surface area contributed by atoms with Crippen LogP contribution in [0.15, 0.2) is 44.0 Å². The molecule has 0 unspecified atom stereocenters. The van der Waals surface area contributed by atoms with E-state index in [4.69, 9.17) is 8.83 Å². The molecule has 28 heavy (non-hydrogen) atoms. The second-order valence-electron chi connectivity index (χ2n) is 7.13. The molecule has 6 nitrogen and oxygen atoms in total. The van der Waals surface area contributed by atoms with Crippen LogP contribution >= 0.6 is 0 Å². The van der Waals surface area contributed by atoms with E-state index in [-0.39, 0.29) is 47.6 Å². The Morgan fingerprint density at radius 1 is 1.07 bits per heavy atom. The molecule has 1 fully saturated rings. The van der Waals surface area contributed by atoms with Crippen LogP contribution in [0.3, 0.4) is 0 Å². The molecule has 2 aromatic heterocycles. The first-order valence-corrected chi connectivity index (χ1v) is 8.75. The number of fused-ring (bicyclic) bond motifs is 5. The summed E-state index contributed by atoms with van der Waals surface area (Å²) in [5.74, 6) is -2.92. The molecule has 0 amide bonds. The molecule has 1 aliphatic heterocycles. The topological polar surface area (TPSA) is 87.0 Å². The van der Waals surface area contributed by atoms with E-state index < -0.39 is 18.1 Å². The van der Waals surface area contributed by atoms with E-state index in [0.29, 0.717) is 21.9 Å². The number of furan rings is 1. The van der Waals surface area contributed by atoms with E-state index in [9.17, 15) is 23.8 Å². The summed E-state index contributed by atoms with van der Waals surface area (Å²) >= 11 is 0. The van der Waals surface area contributed by atoms with Crippen molar-refractivity contribution in [3.8, 4) is 11.5 Å². The van der Waals surface area contributed by atoms with Crippen LogP contribution in [-0.4, -0.2) is 34.1 Å². The third kappa shape index (κ3) is 2.52. The third-order valence-electron chi connectivity index (χ3n) is 5.19. The van der Waals surface area contributed by atoms with Gasteiger partial charge >= 0.3 is 5.63 Å². The molecular formula is C20H15F2NO5. The molecule has 3 heterocycles. The summed E-state index contributed by atoms with van der Waals surface area (Å²) in [6.45, 7) is -0.161. The number of phenolic OH excluding ortho intramolecular Hbond substituents is 2. The SMILES string of the molecule is O=c1oc2cc(O)ccc2c2oc3ccc(O)c(CN4CCC(F)(F)C4)c3c12. The van der Waals surface area contributed by atoms with Gasteiger partial charge in [0.05, 0.1) is 11.9 Å². The van der Waals surface area contributed by atoms with Gasteiger partial charge < -0.3 is 19.0 Å². The monoisotopic (exact) mass is 387 g/mol. The van der Waals surface area contributed by atoms with Crippen molar-refractivity contribution in [2.75, 3.05) is 13.1 Å². The van der Waals surface area contributed by atoms with Crippen molar-refractivity contribution < 1.29 is 27.8 Å². The van der Waals surface area contributed by atoms with Crippen LogP contribution in [0, 0.1) is 0 Å². The van der Waals surface area contributed by atoms with Crippen LogP contribution in [0.1, 0.15) is 12.0 Å². The Bertz CT molecular complexity index is 1310. The van der Waals surface area contributed by atoms with Gasteiger partial charge in [-0.2, -0.15) is 0 Å². The molecule has 1 saturated heterocycles. The molecular weight excluding hydrogens is 372 g/mol. The Kier molecular flexibility index (Phi) is 3.45. The molecule has 4 aromatic rings. The molecule has 144 valence electrons.